The summed E-state index contributed by atoms with van der Waals surface area (Å²) in [6, 6.07) is 10.4. The topological polar surface area (TPSA) is 40.0 Å². The van der Waals surface area contributed by atoms with Crippen molar-refractivity contribution in [1.29, 1.82) is 0 Å². The van der Waals surface area contributed by atoms with E-state index in [1.165, 1.54) is 16.7 Å². The van der Waals surface area contributed by atoms with Crippen LogP contribution in [0.1, 0.15) is 56.9 Å². The summed E-state index contributed by atoms with van der Waals surface area (Å²) in [7, 11) is 1.71. The molecular formula is C24H30ClNO3. The van der Waals surface area contributed by atoms with Crippen LogP contribution in [-0.2, 0) is 12.8 Å². The zero-order valence-electron chi connectivity index (χ0n) is 18.1. The number of fused-ring (bicyclic) bond motifs is 3. The first-order valence-electron chi connectivity index (χ1n) is 9.98. The number of hydrogen-bond donors (Lipinski definition) is 0. The van der Waals surface area contributed by atoms with Gasteiger partial charge in [0.15, 0.2) is 11.5 Å². The molecule has 2 aliphatic heterocycles. The minimum Gasteiger partial charge on any atom is -0.494 e. The first kappa shape index (κ1) is 21.5. The number of rotatable bonds is 4. The smallest absolute Gasteiger partial charge is 0.166 e. The Morgan fingerprint density at radius 2 is 1.76 bits per heavy atom. The SMILES string of the molecule is CCOc1ccc(C2=NC(C)(C)Cc3cc(OC)c4c(c32)CC(C)(C)O4)cc1.Cl. The Balaban J connectivity index is 0.00000240. The molecule has 0 aliphatic carbocycles. The molecule has 4 nitrogen and oxygen atoms in total. The number of aliphatic imine (C=N–C) groups is 1. The molecule has 0 amide bonds. The molecule has 0 N–H and O–H groups in total. The lowest BCUT2D eigenvalue weighted by atomic mass is 9.81. The van der Waals surface area contributed by atoms with Crippen LogP contribution in [0.15, 0.2) is 35.3 Å². The molecule has 2 heterocycles. The van der Waals surface area contributed by atoms with Gasteiger partial charge < -0.3 is 14.2 Å². The third-order valence-electron chi connectivity index (χ3n) is 5.34. The van der Waals surface area contributed by atoms with Crippen molar-refractivity contribution in [2.75, 3.05) is 13.7 Å². The van der Waals surface area contributed by atoms with Crippen LogP contribution in [0.4, 0.5) is 0 Å². The number of nitrogens with zero attached hydrogens (tertiary/aromatic N) is 1. The maximum absolute atomic E-state index is 6.27. The molecule has 0 fully saturated rings. The number of halogens is 1. The Bertz CT molecular complexity index is 946. The summed E-state index contributed by atoms with van der Waals surface area (Å²) in [6.45, 7) is 11.3. The molecule has 29 heavy (non-hydrogen) atoms. The lowest BCUT2D eigenvalue weighted by molar-refractivity contribution is 0.134. The number of benzene rings is 2. The Morgan fingerprint density at radius 1 is 1.07 bits per heavy atom. The van der Waals surface area contributed by atoms with Crippen LogP contribution < -0.4 is 14.2 Å². The van der Waals surface area contributed by atoms with Crippen molar-refractivity contribution in [2.45, 2.75) is 58.6 Å². The minimum atomic E-state index is -0.248. The van der Waals surface area contributed by atoms with Gasteiger partial charge in [-0.1, -0.05) is 0 Å². The van der Waals surface area contributed by atoms with E-state index in [4.69, 9.17) is 19.2 Å². The quantitative estimate of drug-likeness (QED) is 0.671. The molecule has 0 unspecified atom stereocenters. The summed E-state index contributed by atoms with van der Waals surface area (Å²) < 4.78 is 17.6. The van der Waals surface area contributed by atoms with Crippen molar-refractivity contribution in [2.24, 2.45) is 4.99 Å². The van der Waals surface area contributed by atoms with Gasteiger partial charge in [-0.2, -0.15) is 0 Å². The molecule has 0 spiro atoms. The monoisotopic (exact) mass is 415 g/mol. The molecule has 0 saturated carbocycles. The fraction of sp³-hybridized carbons (Fsp3) is 0.458. The highest BCUT2D eigenvalue weighted by atomic mass is 35.5. The normalized spacial score (nSPS) is 17.9. The second kappa shape index (κ2) is 7.56. The fourth-order valence-electron chi connectivity index (χ4n) is 4.31. The van der Waals surface area contributed by atoms with Gasteiger partial charge in [-0.15, -0.1) is 12.4 Å². The minimum absolute atomic E-state index is 0. The summed E-state index contributed by atoms with van der Waals surface area (Å²) in [4.78, 5) is 5.16. The molecule has 5 heteroatoms. The van der Waals surface area contributed by atoms with Crippen molar-refractivity contribution in [3.05, 3.63) is 52.6 Å². The molecule has 0 bridgehead atoms. The molecule has 2 aliphatic rings. The summed E-state index contributed by atoms with van der Waals surface area (Å²) >= 11 is 0. The van der Waals surface area contributed by atoms with Crippen LogP contribution in [0.2, 0.25) is 0 Å². The Kier molecular flexibility index (Phi) is 5.61. The second-order valence-electron chi connectivity index (χ2n) is 8.87. The largest absolute Gasteiger partial charge is 0.494 e. The van der Waals surface area contributed by atoms with Crippen molar-refractivity contribution >= 4 is 18.1 Å². The van der Waals surface area contributed by atoms with Crippen molar-refractivity contribution in [3.8, 4) is 17.2 Å². The third-order valence-corrected chi connectivity index (χ3v) is 5.34. The number of hydrogen-bond acceptors (Lipinski definition) is 4. The number of methoxy groups -OCH3 is 1. The zero-order chi connectivity index (χ0) is 20.1. The molecule has 0 atom stereocenters. The summed E-state index contributed by atoms with van der Waals surface area (Å²) in [5, 5.41) is 0. The molecule has 2 aromatic rings. The standard InChI is InChI=1S/C24H29NO3.ClH/c1-7-27-17-10-8-15(9-11-17)21-20-16(13-23(2,3)25-21)12-19(26-6)22-18(20)14-24(4,5)28-22;/h8-12H,7,13-14H2,1-6H3;1H. The molecule has 2 aromatic carbocycles. The van der Waals surface area contributed by atoms with E-state index in [-0.39, 0.29) is 23.5 Å². The van der Waals surface area contributed by atoms with Gasteiger partial charge in [0, 0.05) is 23.1 Å². The van der Waals surface area contributed by atoms with Gasteiger partial charge >= 0.3 is 0 Å². The Hall–Kier alpha value is -2.20. The molecule has 0 aromatic heterocycles. The van der Waals surface area contributed by atoms with Crippen LogP contribution >= 0.6 is 12.4 Å². The lowest BCUT2D eigenvalue weighted by Gasteiger charge is -2.31. The van der Waals surface area contributed by atoms with E-state index >= 15 is 0 Å². The maximum Gasteiger partial charge on any atom is 0.166 e. The molecule has 156 valence electrons. The van der Waals surface area contributed by atoms with Crippen LogP contribution in [0, 0.1) is 0 Å². The van der Waals surface area contributed by atoms with E-state index in [0.29, 0.717) is 6.61 Å². The highest BCUT2D eigenvalue weighted by Crippen LogP contribution is 2.47. The van der Waals surface area contributed by atoms with Crippen LogP contribution in [0.25, 0.3) is 0 Å². The summed E-state index contributed by atoms with van der Waals surface area (Å²) in [6.07, 6.45) is 1.73. The van der Waals surface area contributed by atoms with Crippen molar-refractivity contribution in [1.82, 2.24) is 0 Å². The van der Waals surface area contributed by atoms with Gasteiger partial charge in [0.2, 0.25) is 0 Å². The Labute approximate surface area is 179 Å². The summed E-state index contributed by atoms with van der Waals surface area (Å²) in [5.74, 6) is 2.57. The predicted molar refractivity (Wildman–Crippen MR) is 120 cm³/mol. The lowest BCUT2D eigenvalue weighted by Crippen LogP contribution is -2.30. The third kappa shape index (κ3) is 3.95. The van der Waals surface area contributed by atoms with Gasteiger partial charge in [0.05, 0.1) is 25.0 Å². The maximum atomic E-state index is 6.27. The predicted octanol–water partition coefficient (Wildman–Crippen LogP) is 5.40. The van der Waals surface area contributed by atoms with E-state index < -0.39 is 0 Å². The van der Waals surface area contributed by atoms with E-state index in [9.17, 15) is 0 Å². The van der Waals surface area contributed by atoms with E-state index in [1.54, 1.807) is 7.11 Å². The Morgan fingerprint density at radius 3 is 2.38 bits per heavy atom. The van der Waals surface area contributed by atoms with E-state index in [1.807, 2.05) is 19.1 Å². The van der Waals surface area contributed by atoms with Gasteiger partial charge in [-0.05, 0) is 76.9 Å². The highest BCUT2D eigenvalue weighted by Gasteiger charge is 2.39. The van der Waals surface area contributed by atoms with Crippen molar-refractivity contribution < 1.29 is 14.2 Å². The first-order chi connectivity index (χ1) is 13.2. The van der Waals surface area contributed by atoms with Crippen LogP contribution in [0.3, 0.4) is 0 Å². The number of ether oxygens (including phenoxy) is 3. The average Bonchev–Trinajstić information content (AvgIpc) is 2.95. The second-order valence-corrected chi connectivity index (χ2v) is 8.87. The van der Waals surface area contributed by atoms with Crippen molar-refractivity contribution in [3.63, 3.8) is 0 Å². The van der Waals surface area contributed by atoms with E-state index in [2.05, 4.69) is 45.9 Å². The molecule has 4 rings (SSSR count). The van der Waals surface area contributed by atoms with Crippen LogP contribution in [-0.4, -0.2) is 30.6 Å². The summed E-state index contributed by atoms with van der Waals surface area (Å²) in [5.41, 5.74) is 5.42. The van der Waals surface area contributed by atoms with Gasteiger partial charge in [0.25, 0.3) is 0 Å². The zero-order valence-corrected chi connectivity index (χ0v) is 18.9. The molecule has 0 saturated heterocycles. The van der Waals surface area contributed by atoms with Gasteiger partial charge in [-0.25, -0.2) is 0 Å². The fourth-order valence-corrected chi connectivity index (χ4v) is 4.31. The van der Waals surface area contributed by atoms with Gasteiger partial charge in [0.1, 0.15) is 11.4 Å². The van der Waals surface area contributed by atoms with Crippen LogP contribution in [0.5, 0.6) is 17.2 Å². The molecular weight excluding hydrogens is 386 g/mol. The first-order valence-corrected chi connectivity index (χ1v) is 9.98. The van der Waals surface area contributed by atoms with Gasteiger partial charge in [-0.3, -0.25) is 4.99 Å². The average molecular weight is 416 g/mol. The highest BCUT2D eigenvalue weighted by molar-refractivity contribution is 6.16. The van der Waals surface area contributed by atoms with E-state index in [0.717, 1.165) is 41.4 Å². The molecule has 0 radical (unpaired) electrons.